The van der Waals surface area contributed by atoms with Gasteiger partial charge in [0.1, 0.15) is 5.75 Å². The van der Waals surface area contributed by atoms with Gasteiger partial charge in [-0.1, -0.05) is 49.7 Å². The maximum absolute atomic E-state index is 12.2. The van der Waals surface area contributed by atoms with Gasteiger partial charge in [0.15, 0.2) is 12.4 Å². The molecular formula is C19H22O2. The maximum atomic E-state index is 12.2. The Morgan fingerprint density at radius 2 is 1.71 bits per heavy atom. The molecule has 0 N–H and O–H groups in total. The number of rotatable bonds is 5. The number of hydrogen-bond donors (Lipinski definition) is 0. The molecule has 0 spiro atoms. The highest BCUT2D eigenvalue weighted by molar-refractivity contribution is 5.98. The van der Waals surface area contributed by atoms with Crippen LogP contribution in [0.1, 0.15) is 46.8 Å². The molecule has 2 aromatic rings. The summed E-state index contributed by atoms with van der Waals surface area (Å²) >= 11 is 0. The number of aryl methyl sites for hydroxylation is 2. The second-order valence-corrected chi connectivity index (χ2v) is 5.75. The van der Waals surface area contributed by atoms with Gasteiger partial charge in [-0.25, -0.2) is 0 Å². The topological polar surface area (TPSA) is 26.3 Å². The van der Waals surface area contributed by atoms with Crippen LogP contribution in [0.5, 0.6) is 5.75 Å². The number of benzene rings is 2. The van der Waals surface area contributed by atoms with Crippen molar-refractivity contribution in [1.29, 1.82) is 0 Å². The number of carbonyl (C=O) groups is 1. The molecule has 0 saturated heterocycles. The first-order chi connectivity index (χ1) is 9.97. The first-order valence-corrected chi connectivity index (χ1v) is 7.30. The van der Waals surface area contributed by atoms with Crippen LogP contribution in [0.15, 0.2) is 42.5 Å². The van der Waals surface area contributed by atoms with E-state index in [4.69, 9.17) is 4.74 Å². The molecule has 0 unspecified atom stereocenters. The molecule has 0 aliphatic rings. The maximum Gasteiger partial charge on any atom is 0.200 e. The lowest BCUT2D eigenvalue weighted by atomic mass is 10.0. The van der Waals surface area contributed by atoms with Gasteiger partial charge in [0.05, 0.1) is 0 Å². The Morgan fingerprint density at radius 3 is 2.29 bits per heavy atom. The molecule has 2 nitrogen and oxygen atoms in total. The van der Waals surface area contributed by atoms with Gasteiger partial charge in [-0.3, -0.25) is 4.79 Å². The molecule has 0 heterocycles. The molecule has 2 rings (SSSR count). The molecule has 0 atom stereocenters. The molecule has 0 aliphatic heterocycles. The van der Waals surface area contributed by atoms with Crippen molar-refractivity contribution >= 4 is 5.78 Å². The summed E-state index contributed by atoms with van der Waals surface area (Å²) in [6.07, 6.45) is 0. The Morgan fingerprint density at radius 1 is 1.05 bits per heavy atom. The van der Waals surface area contributed by atoms with E-state index in [1.54, 1.807) is 0 Å². The number of ether oxygens (including phenoxy) is 1. The van der Waals surface area contributed by atoms with Crippen molar-refractivity contribution in [3.05, 3.63) is 64.7 Å². The molecule has 21 heavy (non-hydrogen) atoms. The smallest absolute Gasteiger partial charge is 0.200 e. The number of carbonyl (C=O) groups excluding carboxylic acids is 1. The van der Waals surface area contributed by atoms with E-state index in [2.05, 4.69) is 13.8 Å². The van der Waals surface area contributed by atoms with Crippen LogP contribution in [-0.4, -0.2) is 12.4 Å². The summed E-state index contributed by atoms with van der Waals surface area (Å²) in [6.45, 7) is 8.36. The highest BCUT2D eigenvalue weighted by Gasteiger charge is 2.10. The van der Waals surface area contributed by atoms with E-state index in [0.717, 1.165) is 22.4 Å². The average molecular weight is 282 g/mol. The van der Waals surface area contributed by atoms with Crippen molar-refractivity contribution in [3.63, 3.8) is 0 Å². The zero-order chi connectivity index (χ0) is 15.4. The van der Waals surface area contributed by atoms with Crippen molar-refractivity contribution in [1.82, 2.24) is 0 Å². The summed E-state index contributed by atoms with van der Waals surface area (Å²) in [4.78, 5) is 12.2. The minimum absolute atomic E-state index is 0.0143. The molecular weight excluding hydrogens is 260 g/mol. The van der Waals surface area contributed by atoms with Crippen LogP contribution in [0.3, 0.4) is 0 Å². The van der Waals surface area contributed by atoms with Crippen molar-refractivity contribution in [3.8, 4) is 5.75 Å². The van der Waals surface area contributed by atoms with Gasteiger partial charge >= 0.3 is 0 Å². The van der Waals surface area contributed by atoms with Gasteiger partial charge in [0.2, 0.25) is 0 Å². The van der Waals surface area contributed by atoms with Gasteiger partial charge in [0.25, 0.3) is 0 Å². The first kappa shape index (κ1) is 15.3. The Hall–Kier alpha value is -2.09. The normalized spacial score (nSPS) is 10.7. The van der Waals surface area contributed by atoms with Crippen LogP contribution < -0.4 is 4.74 Å². The van der Waals surface area contributed by atoms with Crippen LogP contribution in [0.4, 0.5) is 0 Å². The van der Waals surface area contributed by atoms with E-state index < -0.39 is 0 Å². The average Bonchev–Trinajstić information content (AvgIpc) is 2.45. The van der Waals surface area contributed by atoms with E-state index in [-0.39, 0.29) is 12.4 Å². The summed E-state index contributed by atoms with van der Waals surface area (Å²) in [6, 6.07) is 13.8. The molecule has 110 valence electrons. The molecule has 0 aromatic heterocycles. The van der Waals surface area contributed by atoms with Gasteiger partial charge < -0.3 is 4.74 Å². The summed E-state index contributed by atoms with van der Waals surface area (Å²) in [7, 11) is 0. The molecule has 2 aromatic carbocycles. The molecule has 2 heteroatoms. The van der Waals surface area contributed by atoms with Crippen LogP contribution in [0.25, 0.3) is 0 Å². The van der Waals surface area contributed by atoms with Crippen molar-refractivity contribution in [2.24, 2.45) is 0 Å². The summed E-state index contributed by atoms with van der Waals surface area (Å²) < 4.78 is 5.59. The fraction of sp³-hybridized carbons (Fsp3) is 0.316. The number of ketones is 1. The third kappa shape index (κ3) is 3.94. The van der Waals surface area contributed by atoms with E-state index in [1.165, 1.54) is 5.56 Å². The Labute approximate surface area is 126 Å². The monoisotopic (exact) mass is 282 g/mol. The van der Waals surface area contributed by atoms with Crippen LogP contribution in [-0.2, 0) is 0 Å². The second-order valence-electron chi connectivity index (χ2n) is 5.75. The number of hydrogen-bond acceptors (Lipinski definition) is 2. The van der Waals surface area contributed by atoms with Gasteiger partial charge in [-0.05, 0) is 43.0 Å². The molecule has 0 amide bonds. The van der Waals surface area contributed by atoms with Crippen molar-refractivity contribution in [2.75, 3.05) is 6.61 Å². The Balaban J connectivity index is 2.00. The SMILES string of the molecule is Cc1ccc(C(=O)COc2ccc(C(C)C)cc2)c(C)c1. The largest absolute Gasteiger partial charge is 0.485 e. The fourth-order valence-corrected chi connectivity index (χ4v) is 2.30. The molecule has 0 fully saturated rings. The van der Waals surface area contributed by atoms with Gasteiger partial charge in [0, 0.05) is 5.56 Å². The van der Waals surface area contributed by atoms with Gasteiger partial charge in [-0.2, -0.15) is 0 Å². The first-order valence-electron chi connectivity index (χ1n) is 7.30. The second kappa shape index (κ2) is 6.57. The highest BCUT2D eigenvalue weighted by Crippen LogP contribution is 2.19. The Kier molecular flexibility index (Phi) is 4.79. The van der Waals surface area contributed by atoms with Gasteiger partial charge in [-0.15, -0.1) is 0 Å². The van der Waals surface area contributed by atoms with Crippen LogP contribution in [0.2, 0.25) is 0 Å². The van der Waals surface area contributed by atoms with E-state index >= 15 is 0 Å². The van der Waals surface area contributed by atoms with Crippen LogP contribution in [0, 0.1) is 13.8 Å². The summed E-state index contributed by atoms with van der Waals surface area (Å²) in [5.41, 5.74) is 4.16. The van der Waals surface area contributed by atoms with Crippen molar-refractivity contribution < 1.29 is 9.53 Å². The lowest BCUT2D eigenvalue weighted by molar-refractivity contribution is 0.0921. The zero-order valence-electron chi connectivity index (χ0n) is 13.1. The molecule has 0 saturated carbocycles. The quantitative estimate of drug-likeness (QED) is 0.744. The van der Waals surface area contributed by atoms with Crippen molar-refractivity contribution in [2.45, 2.75) is 33.6 Å². The van der Waals surface area contributed by atoms with E-state index in [9.17, 15) is 4.79 Å². The van der Waals surface area contributed by atoms with Crippen LogP contribution >= 0.6 is 0 Å². The minimum Gasteiger partial charge on any atom is -0.485 e. The standard InChI is InChI=1S/C19H22O2/c1-13(2)16-6-8-17(9-7-16)21-12-19(20)18-10-5-14(3)11-15(18)4/h5-11,13H,12H2,1-4H3. The summed E-state index contributed by atoms with van der Waals surface area (Å²) in [5, 5.41) is 0. The van der Waals surface area contributed by atoms with E-state index in [0.29, 0.717) is 5.92 Å². The third-order valence-corrected chi connectivity index (χ3v) is 3.60. The third-order valence-electron chi connectivity index (χ3n) is 3.60. The zero-order valence-corrected chi connectivity index (χ0v) is 13.1. The highest BCUT2D eigenvalue weighted by atomic mass is 16.5. The minimum atomic E-state index is 0.0143. The fourth-order valence-electron chi connectivity index (χ4n) is 2.30. The molecule has 0 aliphatic carbocycles. The molecule has 0 bridgehead atoms. The predicted molar refractivity (Wildman–Crippen MR) is 86.3 cm³/mol. The number of Topliss-reactive ketones (excluding diaryl/α,β-unsaturated/α-hetero) is 1. The predicted octanol–water partition coefficient (Wildman–Crippen LogP) is 4.69. The van der Waals surface area contributed by atoms with E-state index in [1.807, 2.05) is 56.3 Å². The lowest BCUT2D eigenvalue weighted by Gasteiger charge is -2.10. The Bertz CT molecular complexity index is 625. The lowest BCUT2D eigenvalue weighted by Crippen LogP contribution is -2.13. The summed E-state index contributed by atoms with van der Waals surface area (Å²) in [5.74, 6) is 1.24. The molecule has 0 radical (unpaired) electrons.